The Balaban J connectivity index is 2.21. The fourth-order valence-electron chi connectivity index (χ4n) is 1.52. The van der Waals surface area contributed by atoms with Crippen molar-refractivity contribution in [3.63, 3.8) is 0 Å². The normalized spacial score (nSPS) is 10.4. The lowest BCUT2D eigenvalue weighted by molar-refractivity contribution is 0.894. The fourth-order valence-corrected chi connectivity index (χ4v) is 2.40. The second-order valence-electron chi connectivity index (χ2n) is 3.55. The van der Waals surface area contributed by atoms with Gasteiger partial charge in [-0.15, -0.1) is 11.3 Å². The van der Waals surface area contributed by atoms with Crippen molar-refractivity contribution in [2.75, 3.05) is 11.9 Å². The van der Waals surface area contributed by atoms with Crippen molar-refractivity contribution in [3.05, 3.63) is 39.4 Å². The van der Waals surface area contributed by atoms with Crippen molar-refractivity contribution in [2.24, 2.45) is 0 Å². The third-order valence-corrected chi connectivity index (χ3v) is 3.57. The molecule has 0 saturated carbocycles. The number of anilines is 1. The Morgan fingerprint density at radius 1 is 1.44 bits per heavy atom. The molecular weight excluding hydrogens is 242 g/mol. The van der Waals surface area contributed by atoms with Gasteiger partial charge in [0.2, 0.25) is 0 Å². The average molecular weight is 254 g/mol. The summed E-state index contributed by atoms with van der Waals surface area (Å²) in [5, 5.41) is 2.59. The highest BCUT2D eigenvalue weighted by Crippen LogP contribution is 2.23. The van der Waals surface area contributed by atoms with Crippen LogP contribution in [-0.2, 0) is 6.54 Å². The van der Waals surface area contributed by atoms with Crippen LogP contribution in [0.5, 0.6) is 0 Å². The van der Waals surface area contributed by atoms with Gasteiger partial charge >= 0.3 is 0 Å². The zero-order valence-electron chi connectivity index (χ0n) is 9.14. The first-order valence-electron chi connectivity index (χ1n) is 4.89. The van der Waals surface area contributed by atoms with Crippen molar-refractivity contribution in [1.82, 2.24) is 9.97 Å². The highest BCUT2D eigenvalue weighted by molar-refractivity contribution is 7.09. The second-order valence-corrected chi connectivity index (χ2v) is 4.94. The molecule has 3 nitrogen and oxygen atoms in total. The van der Waals surface area contributed by atoms with E-state index in [9.17, 15) is 0 Å². The molecule has 2 heterocycles. The maximum atomic E-state index is 5.96. The van der Waals surface area contributed by atoms with Crippen LogP contribution in [0.2, 0.25) is 5.15 Å². The Labute approximate surface area is 104 Å². The van der Waals surface area contributed by atoms with Crippen molar-refractivity contribution in [2.45, 2.75) is 13.5 Å². The highest BCUT2D eigenvalue weighted by atomic mass is 35.5. The van der Waals surface area contributed by atoms with Crippen LogP contribution in [0.4, 0.5) is 5.82 Å². The zero-order valence-corrected chi connectivity index (χ0v) is 10.7. The van der Waals surface area contributed by atoms with E-state index in [-0.39, 0.29) is 0 Å². The molecular formula is C11H12ClN3S. The maximum Gasteiger partial charge on any atom is 0.137 e. The van der Waals surface area contributed by atoms with Gasteiger partial charge in [0.1, 0.15) is 17.3 Å². The van der Waals surface area contributed by atoms with Crippen molar-refractivity contribution >= 4 is 28.8 Å². The lowest BCUT2D eigenvalue weighted by Crippen LogP contribution is -2.18. The van der Waals surface area contributed by atoms with Crippen LogP contribution < -0.4 is 4.90 Å². The molecule has 2 aromatic rings. The molecule has 84 valence electrons. The molecule has 0 fully saturated rings. The maximum absolute atomic E-state index is 5.96. The van der Waals surface area contributed by atoms with Crippen molar-refractivity contribution in [3.8, 4) is 0 Å². The van der Waals surface area contributed by atoms with Crippen molar-refractivity contribution in [1.29, 1.82) is 0 Å². The SMILES string of the molecule is Cc1c(Cl)ncnc1N(C)Cc1cccs1. The van der Waals surface area contributed by atoms with Gasteiger partial charge in [0.15, 0.2) is 0 Å². The van der Waals surface area contributed by atoms with Crippen LogP contribution in [0, 0.1) is 6.92 Å². The molecule has 0 aliphatic heterocycles. The van der Waals surface area contributed by atoms with Gasteiger partial charge in [-0.05, 0) is 18.4 Å². The number of aromatic nitrogens is 2. The van der Waals surface area contributed by atoms with Crippen LogP contribution >= 0.6 is 22.9 Å². The van der Waals surface area contributed by atoms with Crippen LogP contribution in [0.25, 0.3) is 0 Å². The summed E-state index contributed by atoms with van der Waals surface area (Å²) in [4.78, 5) is 11.6. The van der Waals surface area contributed by atoms with Gasteiger partial charge in [-0.2, -0.15) is 0 Å². The summed E-state index contributed by atoms with van der Waals surface area (Å²) in [5.41, 5.74) is 0.920. The standard InChI is InChI=1S/C11H12ClN3S/c1-8-10(12)13-7-14-11(8)15(2)6-9-4-3-5-16-9/h3-5,7H,6H2,1-2H3. The molecule has 0 unspecified atom stereocenters. The summed E-state index contributed by atoms with van der Waals surface area (Å²) in [6.45, 7) is 2.77. The molecule has 0 aliphatic carbocycles. The molecule has 0 amide bonds. The van der Waals surface area contributed by atoms with E-state index in [1.165, 1.54) is 11.2 Å². The van der Waals surface area contributed by atoms with Gasteiger partial charge in [0.05, 0.1) is 6.54 Å². The number of hydrogen-bond donors (Lipinski definition) is 0. The predicted octanol–water partition coefficient (Wildman–Crippen LogP) is 3.14. The summed E-state index contributed by atoms with van der Waals surface area (Å²) in [6, 6.07) is 4.16. The molecule has 0 atom stereocenters. The molecule has 5 heteroatoms. The molecule has 0 aliphatic rings. The van der Waals surface area contributed by atoms with Gasteiger partial charge in [-0.3, -0.25) is 0 Å². The molecule has 2 rings (SSSR count). The predicted molar refractivity (Wildman–Crippen MR) is 68.2 cm³/mol. The van der Waals surface area contributed by atoms with Gasteiger partial charge < -0.3 is 4.90 Å². The fraction of sp³-hybridized carbons (Fsp3) is 0.273. The Kier molecular flexibility index (Phi) is 3.41. The largest absolute Gasteiger partial charge is 0.354 e. The number of thiophene rings is 1. The molecule has 0 saturated heterocycles. The first kappa shape index (κ1) is 11.4. The molecule has 0 N–H and O–H groups in total. The third-order valence-electron chi connectivity index (χ3n) is 2.33. The first-order valence-corrected chi connectivity index (χ1v) is 6.15. The van der Waals surface area contributed by atoms with Gasteiger partial charge in [0.25, 0.3) is 0 Å². The number of hydrogen-bond acceptors (Lipinski definition) is 4. The van der Waals surface area contributed by atoms with Crippen LogP contribution in [0.3, 0.4) is 0 Å². The minimum Gasteiger partial charge on any atom is -0.354 e. The minimum absolute atomic E-state index is 0.517. The number of halogens is 1. The number of nitrogens with zero attached hydrogens (tertiary/aromatic N) is 3. The van der Waals surface area contributed by atoms with Crippen LogP contribution in [-0.4, -0.2) is 17.0 Å². The molecule has 0 aromatic carbocycles. The van der Waals surface area contributed by atoms with E-state index in [2.05, 4.69) is 26.3 Å². The van der Waals surface area contributed by atoms with Crippen LogP contribution in [0.1, 0.15) is 10.4 Å². The topological polar surface area (TPSA) is 29.0 Å². The monoisotopic (exact) mass is 253 g/mol. The minimum atomic E-state index is 0.517. The molecule has 0 bridgehead atoms. The van der Waals surface area contributed by atoms with E-state index in [0.29, 0.717) is 5.15 Å². The smallest absolute Gasteiger partial charge is 0.137 e. The average Bonchev–Trinajstić information content (AvgIpc) is 2.74. The molecule has 0 spiro atoms. The van der Waals surface area contributed by atoms with E-state index >= 15 is 0 Å². The summed E-state index contributed by atoms with van der Waals surface area (Å²) < 4.78 is 0. The Morgan fingerprint density at radius 2 is 2.25 bits per heavy atom. The first-order chi connectivity index (χ1) is 7.68. The lowest BCUT2D eigenvalue weighted by Gasteiger charge is -2.19. The van der Waals surface area contributed by atoms with E-state index < -0.39 is 0 Å². The number of rotatable bonds is 3. The summed E-state index contributed by atoms with van der Waals surface area (Å²) >= 11 is 7.70. The van der Waals surface area contributed by atoms with E-state index in [1.807, 2.05) is 20.0 Å². The quantitative estimate of drug-likeness (QED) is 0.787. The summed E-state index contributed by atoms with van der Waals surface area (Å²) in [5.74, 6) is 0.883. The van der Waals surface area contributed by atoms with Crippen molar-refractivity contribution < 1.29 is 0 Å². The Bertz CT molecular complexity index is 470. The Hall–Kier alpha value is -1.13. The molecule has 16 heavy (non-hydrogen) atoms. The second kappa shape index (κ2) is 4.80. The zero-order chi connectivity index (χ0) is 11.5. The highest BCUT2D eigenvalue weighted by Gasteiger charge is 2.10. The summed E-state index contributed by atoms with van der Waals surface area (Å²) in [7, 11) is 2.01. The van der Waals surface area contributed by atoms with E-state index in [4.69, 9.17) is 11.6 Å². The third kappa shape index (κ3) is 2.33. The van der Waals surface area contributed by atoms with Gasteiger partial charge in [-0.1, -0.05) is 17.7 Å². The van der Waals surface area contributed by atoms with Gasteiger partial charge in [-0.25, -0.2) is 9.97 Å². The van der Waals surface area contributed by atoms with Crippen LogP contribution in [0.15, 0.2) is 23.8 Å². The van der Waals surface area contributed by atoms with E-state index in [0.717, 1.165) is 17.9 Å². The molecule has 2 aromatic heterocycles. The van der Waals surface area contributed by atoms with Gasteiger partial charge in [0, 0.05) is 17.5 Å². The summed E-state index contributed by atoms with van der Waals surface area (Å²) in [6.07, 6.45) is 1.50. The lowest BCUT2D eigenvalue weighted by atomic mass is 10.3. The Morgan fingerprint density at radius 3 is 2.94 bits per heavy atom. The molecule has 0 radical (unpaired) electrons. The van der Waals surface area contributed by atoms with E-state index in [1.54, 1.807) is 11.3 Å².